The molecule has 2 fully saturated rings. The van der Waals surface area contributed by atoms with E-state index in [4.69, 9.17) is 14.6 Å². The molecular weight excluding hydrogens is 604 g/mol. The van der Waals surface area contributed by atoms with Gasteiger partial charge in [0.1, 0.15) is 0 Å². The van der Waals surface area contributed by atoms with Gasteiger partial charge in [-0.3, -0.25) is 14.5 Å². The number of carbonyl (C=O) groups is 2. The van der Waals surface area contributed by atoms with Crippen molar-refractivity contribution >= 4 is 11.9 Å². The molecule has 0 aromatic heterocycles. The predicted molar refractivity (Wildman–Crippen MR) is 187 cm³/mol. The third-order valence-electron chi connectivity index (χ3n) is 9.46. The second-order valence-corrected chi connectivity index (χ2v) is 13.1. The summed E-state index contributed by atoms with van der Waals surface area (Å²) < 4.78 is 13.4. The van der Waals surface area contributed by atoms with Crippen LogP contribution in [0.25, 0.3) is 11.1 Å². The highest BCUT2D eigenvalue weighted by molar-refractivity contribution is 5.76. The molecule has 48 heavy (non-hydrogen) atoms. The maximum absolute atomic E-state index is 12.4. The van der Waals surface area contributed by atoms with Gasteiger partial charge in [0, 0.05) is 50.5 Å². The van der Waals surface area contributed by atoms with Gasteiger partial charge in [0.05, 0.1) is 18.8 Å². The number of amides is 1. The van der Waals surface area contributed by atoms with Crippen LogP contribution in [0, 0.1) is 0 Å². The summed E-state index contributed by atoms with van der Waals surface area (Å²) >= 11 is 0. The van der Waals surface area contributed by atoms with Gasteiger partial charge in [-0.1, -0.05) is 86.0 Å². The van der Waals surface area contributed by atoms with Crippen molar-refractivity contribution in [2.45, 2.75) is 102 Å². The minimum absolute atomic E-state index is 0.00854. The molecule has 0 unspecified atom stereocenters. The number of carboxylic acids is 1. The first-order valence-corrected chi connectivity index (χ1v) is 17.4. The SMILES string of the molecule is C=CCN(C[C@H]1C[C@@H](c2ccc(CO)cc2)O[C@@H](c2cccc(-c3cccc(CNC(=O)CCCCCC(=O)O)c3)c2)O1)C1CCCC1. The van der Waals surface area contributed by atoms with Crippen LogP contribution < -0.4 is 5.32 Å². The summed E-state index contributed by atoms with van der Waals surface area (Å²) in [6.07, 6.45) is 9.52. The summed E-state index contributed by atoms with van der Waals surface area (Å²) in [4.78, 5) is 25.6. The zero-order valence-electron chi connectivity index (χ0n) is 27.9. The quantitative estimate of drug-likeness (QED) is 0.102. The molecule has 8 heteroatoms. The number of carbonyl (C=O) groups excluding carboxylic acids is 1. The number of hydrogen-bond donors (Lipinski definition) is 3. The Morgan fingerprint density at radius 2 is 1.60 bits per heavy atom. The molecule has 0 spiro atoms. The summed E-state index contributed by atoms with van der Waals surface area (Å²) in [7, 11) is 0. The normalized spacial score (nSPS) is 19.8. The van der Waals surface area contributed by atoms with Crippen LogP contribution in [-0.2, 0) is 32.2 Å². The van der Waals surface area contributed by atoms with Gasteiger partial charge in [-0.15, -0.1) is 6.58 Å². The van der Waals surface area contributed by atoms with Crippen molar-refractivity contribution < 1.29 is 29.3 Å². The van der Waals surface area contributed by atoms with Crippen LogP contribution in [0.5, 0.6) is 0 Å². The minimum atomic E-state index is -0.799. The second kappa shape index (κ2) is 18.1. The average molecular weight is 655 g/mol. The molecule has 3 atom stereocenters. The number of ether oxygens (including phenoxy) is 2. The van der Waals surface area contributed by atoms with Crippen molar-refractivity contribution in [3.05, 3.63) is 108 Å². The highest BCUT2D eigenvalue weighted by Crippen LogP contribution is 2.39. The Balaban J connectivity index is 1.28. The lowest BCUT2D eigenvalue weighted by Gasteiger charge is -2.39. The van der Waals surface area contributed by atoms with E-state index in [1.54, 1.807) is 0 Å². The Morgan fingerprint density at radius 3 is 2.33 bits per heavy atom. The van der Waals surface area contributed by atoms with Crippen LogP contribution in [0.2, 0.25) is 0 Å². The standard InChI is InChI=1S/C40H50N2O6/c1-2-22-42(35-14-6-7-15-35)27-36-25-37(31-20-18-29(28-43)19-21-31)48-40(47-36)34-13-9-12-33(24-34)32-11-8-10-30(23-32)26-41-38(44)16-4-3-5-17-39(45)46/h2,8-13,18-21,23-24,35-37,40,43H,1,3-7,14-17,22,25-28H2,(H,41,44)(H,45,46)/t36-,37+,40+/m1/s1. The first kappa shape index (κ1) is 35.5. The smallest absolute Gasteiger partial charge is 0.303 e. The van der Waals surface area contributed by atoms with Crippen molar-refractivity contribution in [1.29, 1.82) is 0 Å². The van der Waals surface area contributed by atoms with Gasteiger partial charge < -0.3 is 25.0 Å². The second-order valence-electron chi connectivity index (χ2n) is 13.1. The molecule has 1 heterocycles. The Bertz CT molecular complexity index is 1490. The number of unbranched alkanes of at least 4 members (excludes halogenated alkanes) is 2. The molecule has 0 radical (unpaired) electrons. The maximum atomic E-state index is 12.4. The van der Waals surface area contributed by atoms with E-state index in [1.165, 1.54) is 25.7 Å². The monoisotopic (exact) mass is 654 g/mol. The number of carboxylic acid groups (broad SMARTS) is 1. The number of rotatable bonds is 17. The molecule has 1 aliphatic carbocycles. The summed E-state index contributed by atoms with van der Waals surface area (Å²) in [5, 5.41) is 21.4. The highest BCUT2D eigenvalue weighted by Gasteiger charge is 2.34. The molecule has 1 saturated heterocycles. The highest BCUT2D eigenvalue weighted by atomic mass is 16.7. The number of nitrogens with zero attached hydrogens (tertiary/aromatic N) is 1. The number of aliphatic hydroxyl groups excluding tert-OH is 1. The number of aliphatic hydroxyl groups is 1. The van der Waals surface area contributed by atoms with Gasteiger partial charge >= 0.3 is 5.97 Å². The first-order valence-electron chi connectivity index (χ1n) is 17.4. The average Bonchev–Trinajstić information content (AvgIpc) is 3.66. The lowest BCUT2D eigenvalue weighted by Crippen LogP contribution is -2.43. The topological polar surface area (TPSA) is 108 Å². The third kappa shape index (κ3) is 10.3. The number of aliphatic carboxylic acids is 1. The summed E-state index contributed by atoms with van der Waals surface area (Å²) in [6, 6.07) is 25.0. The van der Waals surface area contributed by atoms with E-state index < -0.39 is 12.3 Å². The number of benzene rings is 3. The van der Waals surface area contributed by atoms with E-state index >= 15 is 0 Å². The van der Waals surface area contributed by atoms with Crippen molar-refractivity contribution in [3.8, 4) is 11.1 Å². The van der Waals surface area contributed by atoms with E-state index in [0.29, 0.717) is 31.8 Å². The Morgan fingerprint density at radius 1 is 0.875 bits per heavy atom. The first-order chi connectivity index (χ1) is 23.4. The fraction of sp³-hybridized carbons (Fsp3) is 0.450. The molecule has 256 valence electrons. The molecule has 0 bridgehead atoms. The van der Waals surface area contributed by atoms with E-state index in [2.05, 4.69) is 47.1 Å². The van der Waals surface area contributed by atoms with Gasteiger partial charge in [0.25, 0.3) is 0 Å². The van der Waals surface area contributed by atoms with Crippen LogP contribution in [0.4, 0.5) is 0 Å². The fourth-order valence-electron chi connectivity index (χ4n) is 6.86. The van der Waals surface area contributed by atoms with Gasteiger partial charge in [-0.25, -0.2) is 0 Å². The molecule has 5 rings (SSSR count). The van der Waals surface area contributed by atoms with E-state index in [0.717, 1.165) is 59.3 Å². The summed E-state index contributed by atoms with van der Waals surface area (Å²) in [5.74, 6) is -0.827. The lowest BCUT2D eigenvalue weighted by molar-refractivity contribution is -0.253. The largest absolute Gasteiger partial charge is 0.481 e. The Labute approximate surface area is 284 Å². The van der Waals surface area contributed by atoms with Crippen molar-refractivity contribution in [1.82, 2.24) is 10.2 Å². The molecule has 2 aliphatic rings. The van der Waals surface area contributed by atoms with E-state index in [1.807, 2.05) is 48.5 Å². The Hall–Kier alpha value is -3.82. The number of hydrogen-bond acceptors (Lipinski definition) is 6. The van der Waals surface area contributed by atoms with Crippen LogP contribution in [0.3, 0.4) is 0 Å². The maximum Gasteiger partial charge on any atom is 0.303 e. The van der Waals surface area contributed by atoms with Gasteiger partial charge in [0.2, 0.25) is 5.91 Å². The van der Waals surface area contributed by atoms with Gasteiger partial charge in [-0.05, 0) is 65.6 Å². The molecule has 1 amide bonds. The van der Waals surface area contributed by atoms with E-state index in [-0.39, 0.29) is 31.1 Å². The molecule has 3 N–H and O–H groups in total. The minimum Gasteiger partial charge on any atom is -0.481 e. The molecule has 8 nitrogen and oxygen atoms in total. The van der Waals surface area contributed by atoms with Crippen LogP contribution in [0.15, 0.2) is 85.5 Å². The van der Waals surface area contributed by atoms with Crippen molar-refractivity contribution in [2.24, 2.45) is 0 Å². The van der Waals surface area contributed by atoms with Gasteiger partial charge in [0.15, 0.2) is 6.29 Å². The van der Waals surface area contributed by atoms with Crippen LogP contribution in [0.1, 0.15) is 98.9 Å². The van der Waals surface area contributed by atoms with Crippen LogP contribution in [-0.4, -0.2) is 52.2 Å². The summed E-state index contributed by atoms with van der Waals surface area (Å²) in [6.45, 7) is 6.12. The number of nitrogens with one attached hydrogen (secondary N) is 1. The Kier molecular flexibility index (Phi) is 13.4. The van der Waals surface area contributed by atoms with Crippen molar-refractivity contribution in [2.75, 3.05) is 13.1 Å². The molecule has 1 saturated carbocycles. The zero-order chi connectivity index (χ0) is 33.7. The zero-order valence-corrected chi connectivity index (χ0v) is 27.9. The van der Waals surface area contributed by atoms with Gasteiger partial charge in [-0.2, -0.15) is 0 Å². The fourth-order valence-corrected chi connectivity index (χ4v) is 6.86. The molecule has 1 aliphatic heterocycles. The molecular formula is C40H50N2O6. The van der Waals surface area contributed by atoms with Crippen molar-refractivity contribution in [3.63, 3.8) is 0 Å². The summed E-state index contributed by atoms with van der Waals surface area (Å²) in [5.41, 5.74) is 5.98. The molecule has 3 aromatic carbocycles. The lowest BCUT2D eigenvalue weighted by atomic mass is 9.98. The molecule has 3 aromatic rings. The van der Waals surface area contributed by atoms with Crippen LogP contribution >= 0.6 is 0 Å². The third-order valence-corrected chi connectivity index (χ3v) is 9.46. The predicted octanol–water partition coefficient (Wildman–Crippen LogP) is 7.47. The van der Waals surface area contributed by atoms with E-state index in [9.17, 15) is 14.7 Å².